The van der Waals surface area contributed by atoms with Crippen LogP contribution in [0.5, 0.6) is 0 Å². The third kappa shape index (κ3) is 4.23. The number of nitrogens with zero attached hydrogens (tertiary/aromatic N) is 2. The number of anilines is 1. The smallest absolute Gasteiger partial charge is 0.265 e. The van der Waals surface area contributed by atoms with E-state index < -0.39 is 0 Å². The van der Waals surface area contributed by atoms with Crippen LogP contribution in [0.15, 0.2) is 46.9 Å². The number of carbonyl (C=O) groups is 1. The Morgan fingerprint density at radius 2 is 2.35 bits per heavy atom. The number of amides is 1. The summed E-state index contributed by atoms with van der Waals surface area (Å²) in [5.41, 5.74) is 1.04. The summed E-state index contributed by atoms with van der Waals surface area (Å²) in [5.74, 6) is -0.330. The molecule has 1 amide bonds. The molecule has 6 heteroatoms. The lowest BCUT2D eigenvalue weighted by atomic mass is 10.2. The zero-order valence-corrected chi connectivity index (χ0v) is 11.3. The highest BCUT2D eigenvalue weighted by atomic mass is 32.1. The van der Waals surface area contributed by atoms with E-state index >= 15 is 0 Å². The van der Waals surface area contributed by atoms with Crippen molar-refractivity contribution >= 4 is 29.1 Å². The Hall–Kier alpha value is -2.65. The van der Waals surface area contributed by atoms with Crippen molar-refractivity contribution in [2.75, 3.05) is 11.9 Å². The SMILES string of the molecule is N#Cc1cccc(NC(=O)CO/N=C/c2cccs2)c1. The molecule has 1 aromatic heterocycles. The quantitative estimate of drug-likeness (QED) is 0.677. The molecule has 5 nitrogen and oxygen atoms in total. The number of oxime groups is 1. The molecular formula is C14H11N3O2S. The van der Waals surface area contributed by atoms with E-state index in [1.54, 1.807) is 30.5 Å². The summed E-state index contributed by atoms with van der Waals surface area (Å²) in [5, 5.41) is 17.0. The van der Waals surface area contributed by atoms with Gasteiger partial charge in [-0.2, -0.15) is 5.26 Å². The fourth-order valence-electron chi connectivity index (χ4n) is 1.41. The molecule has 100 valence electrons. The molecule has 1 aromatic carbocycles. The predicted octanol–water partition coefficient (Wildman–Crippen LogP) is 2.61. The van der Waals surface area contributed by atoms with Crippen molar-refractivity contribution in [3.63, 3.8) is 0 Å². The third-order valence-electron chi connectivity index (χ3n) is 2.27. The molecule has 20 heavy (non-hydrogen) atoms. The maximum atomic E-state index is 11.6. The molecule has 0 saturated heterocycles. The number of hydrogen-bond donors (Lipinski definition) is 1. The highest BCUT2D eigenvalue weighted by Gasteiger charge is 2.03. The minimum Gasteiger partial charge on any atom is -0.386 e. The van der Waals surface area contributed by atoms with Crippen molar-refractivity contribution in [2.24, 2.45) is 5.16 Å². The number of hydrogen-bond acceptors (Lipinski definition) is 5. The van der Waals surface area contributed by atoms with E-state index in [4.69, 9.17) is 10.1 Å². The van der Waals surface area contributed by atoms with Crippen LogP contribution in [-0.4, -0.2) is 18.7 Å². The first-order chi connectivity index (χ1) is 9.78. The Kier molecular flexibility index (Phi) is 4.87. The summed E-state index contributed by atoms with van der Waals surface area (Å²) >= 11 is 1.53. The molecule has 0 aliphatic heterocycles. The first-order valence-corrected chi connectivity index (χ1v) is 6.65. The van der Waals surface area contributed by atoms with Gasteiger partial charge >= 0.3 is 0 Å². The van der Waals surface area contributed by atoms with Gasteiger partial charge in [-0.15, -0.1) is 11.3 Å². The first kappa shape index (κ1) is 13.8. The number of thiophene rings is 1. The van der Waals surface area contributed by atoms with Gasteiger partial charge in [-0.05, 0) is 29.6 Å². The Bertz CT molecular complexity index is 645. The zero-order chi connectivity index (χ0) is 14.2. The summed E-state index contributed by atoms with van der Waals surface area (Å²) in [6.07, 6.45) is 1.55. The van der Waals surface area contributed by atoms with Crippen molar-refractivity contribution in [3.05, 3.63) is 52.2 Å². The molecule has 0 aliphatic rings. The molecule has 1 heterocycles. The van der Waals surface area contributed by atoms with Gasteiger partial charge < -0.3 is 10.2 Å². The summed E-state index contributed by atoms with van der Waals surface area (Å²) < 4.78 is 0. The molecule has 2 aromatic rings. The monoisotopic (exact) mass is 285 g/mol. The maximum Gasteiger partial charge on any atom is 0.265 e. The van der Waals surface area contributed by atoms with Crippen LogP contribution >= 0.6 is 11.3 Å². The van der Waals surface area contributed by atoms with Gasteiger partial charge in [0.15, 0.2) is 6.61 Å². The lowest BCUT2D eigenvalue weighted by molar-refractivity contribution is -0.120. The van der Waals surface area contributed by atoms with Crippen LogP contribution < -0.4 is 5.32 Å². The molecule has 0 saturated carbocycles. The third-order valence-corrected chi connectivity index (χ3v) is 3.08. The second-order valence-corrected chi connectivity index (χ2v) is 4.74. The Labute approximate surface area is 120 Å². The highest BCUT2D eigenvalue weighted by Crippen LogP contribution is 2.09. The van der Waals surface area contributed by atoms with Gasteiger partial charge in [-0.25, -0.2) is 0 Å². The van der Waals surface area contributed by atoms with Gasteiger partial charge in [0.25, 0.3) is 5.91 Å². The summed E-state index contributed by atoms with van der Waals surface area (Å²) in [7, 11) is 0. The standard InChI is InChI=1S/C14H11N3O2S/c15-8-11-3-1-4-12(7-11)17-14(18)10-19-16-9-13-5-2-6-20-13/h1-7,9H,10H2,(H,17,18)/b16-9+. The van der Waals surface area contributed by atoms with E-state index in [1.807, 2.05) is 23.6 Å². The van der Waals surface area contributed by atoms with Crippen molar-refractivity contribution in [2.45, 2.75) is 0 Å². The summed E-state index contributed by atoms with van der Waals surface area (Å²) in [4.78, 5) is 17.4. The number of benzene rings is 1. The van der Waals surface area contributed by atoms with Crippen LogP contribution in [0.2, 0.25) is 0 Å². The van der Waals surface area contributed by atoms with Crippen LogP contribution in [0.1, 0.15) is 10.4 Å². The lowest BCUT2D eigenvalue weighted by Gasteiger charge is -2.04. The summed E-state index contributed by atoms with van der Waals surface area (Å²) in [6, 6.07) is 12.5. The fourth-order valence-corrected chi connectivity index (χ4v) is 1.99. The second-order valence-electron chi connectivity index (χ2n) is 3.76. The molecule has 0 aliphatic carbocycles. The van der Waals surface area contributed by atoms with Gasteiger partial charge in [0.2, 0.25) is 0 Å². The van der Waals surface area contributed by atoms with E-state index in [1.165, 1.54) is 11.3 Å². The van der Waals surface area contributed by atoms with Crippen LogP contribution in [0, 0.1) is 11.3 Å². The fraction of sp³-hybridized carbons (Fsp3) is 0.0714. The normalized spacial score (nSPS) is 10.2. The molecule has 2 rings (SSSR count). The van der Waals surface area contributed by atoms with E-state index in [2.05, 4.69) is 10.5 Å². The molecule has 0 bridgehead atoms. The summed E-state index contributed by atoms with van der Waals surface area (Å²) in [6.45, 7) is -0.182. The van der Waals surface area contributed by atoms with E-state index in [0.29, 0.717) is 11.3 Å². The van der Waals surface area contributed by atoms with Crippen LogP contribution in [-0.2, 0) is 9.63 Å². The lowest BCUT2D eigenvalue weighted by Crippen LogP contribution is -2.16. The molecule has 0 fully saturated rings. The van der Waals surface area contributed by atoms with Gasteiger partial charge in [0.1, 0.15) is 0 Å². The Balaban J connectivity index is 1.79. The maximum absolute atomic E-state index is 11.6. The Morgan fingerprint density at radius 3 is 3.10 bits per heavy atom. The molecule has 0 spiro atoms. The molecule has 0 unspecified atom stereocenters. The van der Waals surface area contributed by atoms with Crippen LogP contribution in [0.4, 0.5) is 5.69 Å². The highest BCUT2D eigenvalue weighted by molar-refractivity contribution is 7.11. The van der Waals surface area contributed by atoms with E-state index in [-0.39, 0.29) is 12.5 Å². The first-order valence-electron chi connectivity index (χ1n) is 5.77. The minimum absolute atomic E-state index is 0.182. The van der Waals surface area contributed by atoms with Gasteiger partial charge in [0.05, 0.1) is 17.8 Å². The van der Waals surface area contributed by atoms with E-state index in [9.17, 15) is 4.79 Å². The van der Waals surface area contributed by atoms with Crippen molar-refractivity contribution in [1.82, 2.24) is 0 Å². The van der Waals surface area contributed by atoms with Gasteiger partial charge in [-0.3, -0.25) is 4.79 Å². The largest absolute Gasteiger partial charge is 0.386 e. The molecule has 0 radical (unpaired) electrons. The van der Waals surface area contributed by atoms with Crippen molar-refractivity contribution < 1.29 is 9.63 Å². The number of rotatable bonds is 5. The van der Waals surface area contributed by atoms with Crippen molar-refractivity contribution in [3.8, 4) is 6.07 Å². The average Bonchev–Trinajstić information content (AvgIpc) is 2.97. The molecular weight excluding hydrogens is 274 g/mol. The van der Waals surface area contributed by atoms with Crippen molar-refractivity contribution in [1.29, 1.82) is 5.26 Å². The zero-order valence-electron chi connectivity index (χ0n) is 10.4. The molecule has 0 atom stereocenters. The Morgan fingerprint density at radius 1 is 1.45 bits per heavy atom. The average molecular weight is 285 g/mol. The van der Waals surface area contributed by atoms with Gasteiger partial charge in [-0.1, -0.05) is 17.3 Å². The number of nitrogens with one attached hydrogen (secondary N) is 1. The van der Waals surface area contributed by atoms with Gasteiger partial charge in [0, 0.05) is 10.6 Å². The minimum atomic E-state index is -0.330. The number of carbonyl (C=O) groups excluding carboxylic acids is 1. The second kappa shape index (κ2) is 7.07. The predicted molar refractivity (Wildman–Crippen MR) is 77.7 cm³/mol. The number of nitriles is 1. The molecule has 1 N–H and O–H groups in total. The van der Waals surface area contributed by atoms with Crippen LogP contribution in [0.25, 0.3) is 0 Å². The van der Waals surface area contributed by atoms with E-state index in [0.717, 1.165) is 4.88 Å². The topological polar surface area (TPSA) is 74.5 Å². The van der Waals surface area contributed by atoms with Crippen LogP contribution in [0.3, 0.4) is 0 Å².